The van der Waals surface area contributed by atoms with E-state index in [0.29, 0.717) is 12.8 Å². The van der Waals surface area contributed by atoms with Crippen LogP contribution >= 0.6 is 15.9 Å². The Kier molecular flexibility index (Phi) is 9.58. The van der Waals surface area contributed by atoms with Crippen LogP contribution in [0.15, 0.2) is 28.9 Å². The van der Waals surface area contributed by atoms with Gasteiger partial charge < -0.3 is 24.7 Å². The summed E-state index contributed by atoms with van der Waals surface area (Å²) in [4.78, 5) is 8.88. The van der Waals surface area contributed by atoms with Crippen LogP contribution in [0.25, 0.3) is 11.0 Å². The summed E-state index contributed by atoms with van der Waals surface area (Å²) in [6.45, 7) is 14.6. The average Bonchev–Trinajstić information content (AvgIpc) is 3.33. The molecule has 3 heterocycles. The van der Waals surface area contributed by atoms with Gasteiger partial charge in [-0.3, -0.25) is 0 Å². The van der Waals surface area contributed by atoms with Crippen molar-refractivity contribution in [3.63, 3.8) is 0 Å². The van der Waals surface area contributed by atoms with Crippen LogP contribution in [-0.2, 0) is 6.54 Å². The number of aryl methyl sites for hydroxylation is 2. The summed E-state index contributed by atoms with van der Waals surface area (Å²) in [5, 5.41) is 6.51. The molecule has 0 bridgehead atoms. The molecule has 1 aliphatic rings. The Bertz CT molecular complexity index is 959. The number of rotatable bonds is 5. The van der Waals surface area contributed by atoms with Gasteiger partial charge in [0.2, 0.25) is 6.79 Å². The van der Waals surface area contributed by atoms with E-state index >= 15 is 0 Å². The van der Waals surface area contributed by atoms with Crippen molar-refractivity contribution >= 4 is 32.8 Å². The molecule has 0 atom stereocenters. The van der Waals surface area contributed by atoms with Gasteiger partial charge in [0.15, 0.2) is 17.3 Å². The first kappa shape index (κ1) is 24.9. The minimum Gasteiger partial charge on any atom is -0.454 e. The molecule has 1 aliphatic heterocycles. The number of anilines is 1. The number of aromatic nitrogens is 3. The van der Waals surface area contributed by atoms with Crippen molar-refractivity contribution in [1.29, 1.82) is 0 Å². The van der Waals surface area contributed by atoms with E-state index in [1.807, 2.05) is 59.1 Å². The molecule has 2 aromatic heterocycles. The monoisotopic (exact) mass is 491 g/mol. The van der Waals surface area contributed by atoms with Gasteiger partial charge in [-0.1, -0.05) is 43.6 Å². The number of hydrogen-bond donors (Lipinski definition) is 2. The van der Waals surface area contributed by atoms with E-state index < -0.39 is 0 Å². The Balaban J connectivity index is 0.000000224. The van der Waals surface area contributed by atoms with Crippen molar-refractivity contribution in [3.05, 3.63) is 40.3 Å². The summed E-state index contributed by atoms with van der Waals surface area (Å²) in [6, 6.07) is 6.42. The first-order chi connectivity index (χ1) is 14.9. The summed E-state index contributed by atoms with van der Waals surface area (Å²) in [5.41, 5.74) is 3.24. The van der Waals surface area contributed by atoms with Crippen molar-refractivity contribution in [1.82, 2.24) is 19.9 Å². The quantitative estimate of drug-likeness (QED) is 0.504. The van der Waals surface area contributed by atoms with Crippen LogP contribution in [0.5, 0.6) is 11.5 Å². The Labute approximate surface area is 193 Å². The summed E-state index contributed by atoms with van der Waals surface area (Å²) < 4.78 is 13.7. The van der Waals surface area contributed by atoms with E-state index in [-0.39, 0.29) is 0 Å². The Morgan fingerprint density at radius 3 is 2.48 bits per heavy atom. The van der Waals surface area contributed by atoms with Gasteiger partial charge in [-0.15, -0.1) is 0 Å². The number of nitrogens with zero attached hydrogens (tertiary/aromatic N) is 3. The minimum absolute atomic E-state index is 0.339. The third-order valence-electron chi connectivity index (χ3n) is 4.64. The predicted octanol–water partition coefficient (Wildman–Crippen LogP) is 5.29. The molecule has 0 radical (unpaired) electrons. The van der Waals surface area contributed by atoms with Gasteiger partial charge in [-0.25, -0.2) is 9.97 Å². The molecule has 0 unspecified atom stereocenters. The maximum Gasteiger partial charge on any atom is 0.231 e. The highest BCUT2D eigenvalue weighted by molar-refractivity contribution is 9.10. The molecule has 0 saturated heterocycles. The van der Waals surface area contributed by atoms with Crippen LogP contribution in [0.1, 0.15) is 39.1 Å². The van der Waals surface area contributed by atoms with Gasteiger partial charge in [0.1, 0.15) is 11.3 Å². The molecule has 0 spiro atoms. The molecule has 1 aromatic carbocycles. The Morgan fingerprint density at radius 2 is 1.84 bits per heavy atom. The highest BCUT2D eigenvalue weighted by Crippen LogP contribution is 2.36. The molecule has 170 valence electrons. The number of benzene rings is 1. The van der Waals surface area contributed by atoms with Crippen LogP contribution in [0.3, 0.4) is 0 Å². The number of fused-ring (bicyclic) bond motifs is 2. The lowest BCUT2D eigenvalue weighted by molar-refractivity contribution is 0.174. The third kappa shape index (κ3) is 6.33. The van der Waals surface area contributed by atoms with Crippen molar-refractivity contribution in [3.8, 4) is 11.5 Å². The first-order valence-corrected chi connectivity index (χ1v) is 11.5. The molecule has 2 N–H and O–H groups in total. The topological polar surface area (TPSA) is 73.2 Å². The summed E-state index contributed by atoms with van der Waals surface area (Å²) in [7, 11) is 1.87. The molecule has 0 amide bonds. The second-order valence-electron chi connectivity index (χ2n) is 7.15. The number of imidazole rings is 1. The van der Waals surface area contributed by atoms with Crippen LogP contribution < -0.4 is 20.1 Å². The van der Waals surface area contributed by atoms with E-state index in [4.69, 9.17) is 9.47 Å². The van der Waals surface area contributed by atoms with Crippen molar-refractivity contribution in [2.75, 3.05) is 25.7 Å². The minimum atomic E-state index is 0.339. The lowest BCUT2D eigenvalue weighted by Crippen LogP contribution is -2.26. The zero-order valence-electron chi connectivity index (χ0n) is 19.5. The van der Waals surface area contributed by atoms with Gasteiger partial charge in [-0.05, 0) is 37.6 Å². The third-order valence-corrected chi connectivity index (χ3v) is 5.49. The van der Waals surface area contributed by atoms with Gasteiger partial charge in [0, 0.05) is 36.8 Å². The van der Waals surface area contributed by atoms with Gasteiger partial charge >= 0.3 is 0 Å². The summed E-state index contributed by atoms with van der Waals surface area (Å²) >= 11 is 3.41. The highest BCUT2D eigenvalue weighted by atomic mass is 79.9. The first-order valence-electron chi connectivity index (χ1n) is 10.7. The molecule has 7 nitrogen and oxygen atoms in total. The van der Waals surface area contributed by atoms with Gasteiger partial charge in [0.05, 0.1) is 5.52 Å². The van der Waals surface area contributed by atoms with Crippen LogP contribution in [0.2, 0.25) is 0 Å². The van der Waals surface area contributed by atoms with Crippen LogP contribution in [0, 0.1) is 13.8 Å². The van der Waals surface area contributed by atoms with Crippen molar-refractivity contribution < 1.29 is 9.47 Å². The number of pyridine rings is 1. The molecule has 3 aromatic rings. The van der Waals surface area contributed by atoms with E-state index in [1.165, 1.54) is 0 Å². The number of ether oxygens (including phenoxy) is 2. The normalized spacial score (nSPS) is 11.6. The van der Waals surface area contributed by atoms with E-state index in [1.54, 1.807) is 0 Å². The molecule has 0 fully saturated rings. The van der Waals surface area contributed by atoms with Crippen molar-refractivity contribution in [2.24, 2.45) is 0 Å². The fraction of sp³-hybridized carbons (Fsp3) is 0.478. The largest absolute Gasteiger partial charge is 0.454 e. The molecule has 0 saturated carbocycles. The number of halogens is 1. The smallest absolute Gasteiger partial charge is 0.231 e. The van der Waals surface area contributed by atoms with E-state index in [0.717, 1.165) is 57.3 Å². The highest BCUT2D eigenvalue weighted by Gasteiger charge is 2.14. The second-order valence-corrected chi connectivity index (χ2v) is 8.01. The molecule has 31 heavy (non-hydrogen) atoms. The second kappa shape index (κ2) is 11.9. The van der Waals surface area contributed by atoms with Gasteiger partial charge in [0.25, 0.3) is 0 Å². The Morgan fingerprint density at radius 1 is 1.16 bits per heavy atom. The lowest BCUT2D eigenvalue weighted by atomic mass is 10.2. The van der Waals surface area contributed by atoms with Crippen molar-refractivity contribution in [2.45, 2.75) is 54.1 Å². The molecule has 0 aliphatic carbocycles. The zero-order chi connectivity index (χ0) is 23.0. The van der Waals surface area contributed by atoms with Crippen LogP contribution in [-0.4, -0.2) is 41.0 Å². The molecule has 8 heteroatoms. The summed E-state index contributed by atoms with van der Waals surface area (Å²) in [5.74, 6) is 3.53. The Hall–Kier alpha value is -2.32. The molecule has 4 rings (SSSR count). The standard InChI is InChI=1S/C13H21N5.C8H7BrO2.C2H6/c1-9(2)15-7-8-18-10(3)17-12-11(18)5-6-16-13(12)14-4;1-5-2-7-8(3-6(5)9)11-4-10-7;1-2/h5-6,9,15H,7-8H2,1-4H3,(H,14,16);2-3H,4H2,1H3;1-2H3. The van der Waals surface area contributed by atoms with E-state index in [2.05, 4.69) is 54.9 Å². The lowest BCUT2D eigenvalue weighted by Gasteiger charge is -2.10. The SMILES string of the molecule is CC.CNc1nccc2c1nc(C)n2CCNC(C)C.Cc1cc2c(cc1Br)OCO2. The van der Waals surface area contributed by atoms with Gasteiger partial charge in [-0.2, -0.15) is 0 Å². The number of nitrogens with one attached hydrogen (secondary N) is 2. The molecular formula is C23H34BrN5O2. The maximum absolute atomic E-state index is 5.19. The maximum atomic E-state index is 5.19. The summed E-state index contributed by atoms with van der Waals surface area (Å²) in [6.07, 6.45) is 1.82. The fourth-order valence-electron chi connectivity index (χ4n) is 3.12. The number of hydrogen-bond acceptors (Lipinski definition) is 6. The van der Waals surface area contributed by atoms with E-state index in [9.17, 15) is 0 Å². The predicted molar refractivity (Wildman–Crippen MR) is 131 cm³/mol. The van der Waals surface area contributed by atoms with Crippen LogP contribution in [0.4, 0.5) is 5.82 Å². The zero-order valence-corrected chi connectivity index (χ0v) is 21.1. The molecular weight excluding hydrogens is 458 g/mol. The average molecular weight is 492 g/mol. The fourth-order valence-corrected chi connectivity index (χ4v) is 3.44.